The Balaban J connectivity index is 2.02. The minimum absolute atomic E-state index is 0.0913. The minimum atomic E-state index is -0.984. The number of aromatic carboxylic acids is 1. The molecule has 1 aliphatic rings. The van der Waals surface area contributed by atoms with E-state index in [1.165, 1.54) is 31.7 Å². The second-order valence-electron chi connectivity index (χ2n) is 4.69. The van der Waals surface area contributed by atoms with Gasteiger partial charge in [0.1, 0.15) is 5.82 Å². The summed E-state index contributed by atoms with van der Waals surface area (Å²) in [4.78, 5) is 14.9. The Kier molecular flexibility index (Phi) is 3.61. The first-order valence-electron chi connectivity index (χ1n) is 6.13. The zero-order valence-electron chi connectivity index (χ0n) is 10.0. The number of hydrogen-bond acceptors (Lipinski definition) is 3. The van der Waals surface area contributed by atoms with Crippen LogP contribution in [0.5, 0.6) is 0 Å². The maximum Gasteiger partial charge on any atom is 0.354 e. The molecule has 1 aromatic heterocycles. The van der Waals surface area contributed by atoms with Crippen LogP contribution in [0.4, 0.5) is 5.82 Å². The zero-order chi connectivity index (χ0) is 12.3. The Morgan fingerprint density at radius 3 is 2.82 bits per heavy atom. The van der Waals surface area contributed by atoms with E-state index in [1.807, 2.05) is 6.07 Å². The van der Waals surface area contributed by atoms with Crippen molar-refractivity contribution >= 4 is 11.8 Å². The van der Waals surface area contributed by atoms with Crippen LogP contribution in [0.15, 0.2) is 18.2 Å². The van der Waals surface area contributed by atoms with Crippen LogP contribution in [0.1, 0.15) is 43.1 Å². The van der Waals surface area contributed by atoms with Crippen molar-refractivity contribution in [3.8, 4) is 0 Å². The van der Waals surface area contributed by atoms with Crippen LogP contribution in [0.25, 0.3) is 0 Å². The molecule has 1 aliphatic carbocycles. The van der Waals surface area contributed by atoms with Crippen LogP contribution in [0.3, 0.4) is 0 Å². The predicted octanol–water partition coefficient (Wildman–Crippen LogP) is 2.77. The van der Waals surface area contributed by atoms with Crippen molar-refractivity contribution in [2.45, 2.75) is 38.6 Å². The average molecular weight is 234 g/mol. The minimum Gasteiger partial charge on any atom is -0.477 e. The van der Waals surface area contributed by atoms with Crippen molar-refractivity contribution in [3.05, 3.63) is 23.9 Å². The van der Waals surface area contributed by atoms with Crippen molar-refractivity contribution in [1.82, 2.24) is 4.98 Å². The van der Waals surface area contributed by atoms with Crippen molar-refractivity contribution in [1.29, 1.82) is 0 Å². The first-order chi connectivity index (χ1) is 8.16. The molecule has 1 saturated carbocycles. The molecule has 92 valence electrons. The quantitative estimate of drug-likeness (QED) is 0.840. The van der Waals surface area contributed by atoms with Gasteiger partial charge in [0.15, 0.2) is 5.69 Å². The molecule has 17 heavy (non-hydrogen) atoms. The first kappa shape index (κ1) is 11.9. The number of carboxylic acids is 1. The molecule has 0 radical (unpaired) electrons. The SMILES string of the molecule is CC(Nc1cccc(C(=O)O)n1)C1CCCC1. The van der Waals surface area contributed by atoms with Gasteiger partial charge in [0.25, 0.3) is 0 Å². The van der Waals surface area contributed by atoms with Crippen LogP contribution >= 0.6 is 0 Å². The second kappa shape index (κ2) is 5.17. The Morgan fingerprint density at radius 1 is 1.47 bits per heavy atom. The predicted molar refractivity (Wildman–Crippen MR) is 66.2 cm³/mol. The fourth-order valence-corrected chi connectivity index (χ4v) is 2.44. The molecular weight excluding hydrogens is 216 g/mol. The first-order valence-corrected chi connectivity index (χ1v) is 6.13. The average Bonchev–Trinajstić information content (AvgIpc) is 2.82. The smallest absolute Gasteiger partial charge is 0.354 e. The summed E-state index contributed by atoms with van der Waals surface area (Å²) in [6.45, 7) is 2.14. The van der Waals surface area contributed by atoms with Gasteiger partial charge in [-0.1, -0.05) is 18.9 Å². The summed E-state index contributed by atoms with van der Waals surface area (Å²) < 4.78 is 0. The molecule has 1 atom stereocenters. The number of aromatic nitrogens is 1. The number of pyridine rings is 1. The van der Waals surface area contributed by atoms with Crippen molar-refractivity contribution in [3.63, 3.8) is 0 Å². The van der Waals surface area contributed by atoms with E-state index in [0.29, 0.717) is 17.8 Å². The number of nitrogens with zero attached hydrogens (tertiary/aromatic N) is 1. The highest BCUT2D eigenvalue weighted by Crippen LogP contribution is 2.28. The van der Waals surface area contributed by atoms with Gasteiger partial charge in [-0.25, -0.2) is 9.78 Å². The van der Waals surface area contributed by atoms with Gasteiger partial charge in [-0.05, 0) is 37.8 Å². The fraction of sp³-hybridized carbons (Fsp3) is 0.538. The van der Waals surface area contributed by atoms with E-state index in [4.69, 9.17) is 5.11 Å². The maximum absolute atomic E-state index is 10.8. The topological polar surface area (TPSA) is 62.2 Å². The summed E-state index contributed by atoms with van der Waals surface area (Å²) >= 11 is 0. The third-order valence-corrected chi connectivity index (χ3v) is 3.45. The molecule has 4 heteroatoms. The molecule has 2 rings (SSSR count). The molecular formula is C13H18N2O2. The second-order valence-corrected chi connectivity index (χ2v) is 4.69. The largest absolute Gasteiger partial charge is 0.477 e. The molecule has 4 nitrogen and oxygen atoms in total. The van der Waals surface area contributed by atoms with Crippen LogP contribution < -0.4 is 5.32 Å². The van der Waals surface area contributed by atoms with Gasteiger partial charge in [0.05, 0.1) is 0 Å². The van der Waals surface area contributed by atoms with Crippen LogP contribution in [-0.2, 0) is 0 Å². The Morgan fingerprint density at radius 2 is 2.18 bits per heavy atom. The van der Waals surface area contributed by atoms with Gasteiger partial charge >= 0.3 is 5.97 Å². The number of anilines is 1. The highest BCUT2D eigenvalue weighted by Gasteiger charge is 2.21. The molecule has 0 aliphatic heterocycles. The molecule has 0 aromatic carbocycles. The van der Waals surface area contributed by atoms with Gasteiger partial charge in [0, 0.05) is 6.04 Å². The van der Waals surface area contributed by atoms with Crippen LogP contribution in [0, 0.1) is 5.92 Å². The standard InChI is InChI=1S/C13H18N2O2/c1-9(10-5-2-3-6-10)14-12-8-4-7-11(15-12)13(16)17/h4,7-10H,2-3,5-6H2,1H3,(H,14,15)(H,16,17). The van der Waals surface area contributed by atoms with Gasteiger partial charge in [-0.15, -0.1) is 0 Å². The van der Waals surface area contributed by atoms with E-state index in [9.17, 15) is 4.79 Å². The molecule has 0 bridgehead atoms. The van der Waals surface area contributed by atoms with E-state index in [2.05, 4.69) is 17.2 Å². The highest BCUT2D eigenvalue weighted by molar-refractivity contribution is 5.85. The normalized spacial score (nSPS) is 17.9. The molecule has 1 fully saturated rings. The molecule has 1 aromatic rings. The third-order valence-electron chi connectivity index (χ3n) is 3.45. The zero-order valence-corrected chi connectivity index (χ0v) is 10.0. The van der Waals surface area contributed by atoms with E-state index in [0.717, 1.165) is 0 Å². The molecule has 1 unspecified atom stereocenters. The van der Waals surface area contributed by atoms with Gasteiger partial charge in [-0.3, -0.25) is 0 Å². The lowest BCUT2D eigenvalue weighted by atomic mass is 10.00. The summed E-state index contributed by atoms with van der Waals surface area (Å²) in [5.74, 6) is 0.358. The van der Waals surface area contributed by atoms with Crippen LogP contribution in [-0.4, -0.2) is 22.1 Å². The van der Waals surface area contributed by atoms with Gasteiger partial charge in [0.2, 0.25) is 0 Å². The Hall–Kier alpha value is -1.58. The molecule has 2 N–H and O–H groups in total. The van der Waals surface area contributed by atoms with E-state index in [1.54, 1.807) is 6.07 Å². The number of nitrogens with one attached hydrogen (secondary N) is 1. The fourth-order valence-electron chi connectivity index (χ4n) is 2.44. The van der Waals surface area contributed by atoms with Gasteiger partial charge in [-0.2, -0.15) is 0 Å². The lowest BCUT2D eigenvalue weighted by molar-refractivity contribution is 0.0690. The van der Waals surface area contributed by atoms with Crippen molar-refractivity contribution < 1.29 is 9.90 Å². The van der Waals surface area contributed by atoms with E-state index in [-0.39, 0.29) is 5.69 Å². The number of hydrogen-bond donors (Lipinski definition) is 2. The Labute approximate surface area is 101 Å². The highest BCUT2D eigenvalue weighted by atomic mass is 16.4. The third kappa shape index (κ3) is 2.96. The van der Waals surface area contributed by atoms with Crippen LogP contribution in [0.2, 0.25) is 0 Å². The van der Waals surface area contributed by atoms with Crippen molar-refractivity contribution in [2.24, 2.45) is 5.92 Å². The summed E-state index contributed by atoms with van der Waals surface area (Å²) in [6, 6.07) is 5.40. The summed E-state index contributed by atoms with van der Waals surface area (Å²) in [6.07, 6.45) is 5.12. The lowest BCUT2D eigenvalue weighted by Gasteiger charge is -2.20. The van der Waals surface area contributed by atoms with Crippen molar-refractivity contribution in [2.75, 3.05) is 5.32 Å². The molecule has 0 spiro atoms. The van der Waals surface area contributed by atoms with Gasteiger partial charge < -0.3 is 10.4 Å². The molecule has 1 heterocycles. The maximum atomic E-state index is 10.8. The monoisotopic (exact) mass is 234 g/mol. The van der Waals surface area contributed by atoms with E-state index < -0.39 is 5.97 Å². The Bertz CT molecular complexity index is 400. The lowest BCUT2D eigenvalue weighted by Crippen LogP contribution is -2.24. The molecule has 0 amide bonds. The summed E-state index contributed by atoms with van der Waals surface area (Å²) in [5.41, 5.74) is 0.0913. The number of rotatable bonds is 4. The molecule has 0 saturated heterocycles. The summed E-state index contributed by atoms with van der Waals surface area (Å²) in [5, 5.41) is 12.2. The number of carbonyl (C=O) groups is 1. The van der Waals surface area contributed by atoms with E-state index >= 15 is 0 Å². The summed E-state index contributed by atoms with van der Waals surface area (Å²) in [7, 11) is 0. The number of carboxylic acid groups (broad SMARTS) is 1.